The van der Waals surface area contributed by atoms with Crippen molar-refractivity contribution >= 4 is 34.0 Å². The molecular formula is C10H11BrO3S. The van der Waals surface area contributed by atoms with Crippen molar-refractivity contribution in [3.05, 3.63) is 16.1 Å². The predicted molar refractivity (Wildman–Crippen MR) is 64.4 cm³/mol. The van der Waals surface area contributed by atoms with Crippen LogP contribution in [0, 0.1) is 0 Å². The third-order valence-electron chi connectivity index (χ3n) is 1.93. The Hall–Kier alpha value is -0.680. The molecule has 3 nitrogen and oxygen atoms in total. The highest BCUT2D eigenvalue weighted by Crippen LogP contribution is 2.42. The highest BCUT2D eigenvalue weighted by atomic mass is 79.9. The van der Waals surface area contributed by atoms with Gasteiger partial charge in [-0.05, 0) is 28.3 Å². The van der Waals surface area contributed by atoms with Gasteiger partial charge in [-0.15, -0.1) is 11.8 Å². The van der Waals surface area contributed by atoms with Crippen LogP contribution in [0.15, 0.2) is 15.4 Å². The zero-order valence-corrected chi connectivity index (χ0v) is 11.1. The average molecular weight is 291 g/mol. The lowest BCUT2D eigenvalue weighted by Gasteiger charge is -2.13. The van der Waals surface area contributed by atoms with E-state index >= 15 is 0 Å². The van der Waals surface area contributed by atoms with Crippen molar-refractivity contribution in [2.24, 2.45) is 0 Å². The van der Waals surface area contributed by atoms with Crippen molar-refractivity contribution in [3.8, 4) is 11.5 Å². The molecule has 0 spiro atoms. The molecule has 1 aromatic carbocycles. The lowest BCUT2D eigenvalue weighted by atomic mass is 10.2. The maximum Gasteiger partial charge on any atom is 0.153 e. The zero-order chi connectivity index (χ0) is 11.4. The molecule has 0 aliphatic carbocycles. The number of aldehydes is 1. The Morgan fingerprint density at radius 2 is 2.07 bits per heavy atom. The fourth-order valence-corrected chi connectivity index (χ4v) is 2.93. The van der Waals surface area contributed by atoms with E-state index in [0.717, 1.165) is 15.7 Å². The molecule has 0 atom stereocenters. The summed E-state index contributed by atoms with van der Waals surface area (Å²) in [5.41, 5.74) is 0.471. The maximum atomic E-state index is 10.8. The molecule has 0 fully saturated rings. The summed E-state index contributed by atoms with van der Waals surface area (Å²) in [6, 6.07) is 1.67. The number of ether oxygens (including phenoxy) is 2. The standard InChI is InChI=1S/C10H11BrO3S/c1-13-7-4-6(5-12)9(14-2)8(11)10(7)15-3/h4-5H,1-3H3. The molecule has 1 aromatic rings. The lowest BCUT2D eigenvalue weighted by molar-refractivity contribution is 0.112. The number of carbonyl (C=O) groups is 1. The van der Waals surface area contributed by atoms with Crippen LogP contribution in [-0.4, -0.2) is 26.8 Å². The number of hydrogen-bond donors (Lipinski definition) is 0. The molecule has 0 saturated heterocycles. The molecule has 0 radical (unpaired) electrons. The van der Waals surface area contributed by atoms with E-state index in [9.17, 15) is 4.79 Å². The maximum absolute atomic E-state index is 10.8. The molecule has 1 rings (SSSR count). The van der Waals surface area contributed by atoms with E-state index in [1.807, 2.05) is 6.26 Å². The first kappa shape index (κ1) is 12.4. The number of methoxy groups -OCH3 is 2. The van der Waals surface area contributed by atoms with Crippen molar-refractivity contribution < 1.29 is 14.3 Å². The molecule has 0 unspecified atom stereocenters. The summed E-state index contributed by atoms with van der Waals surface area (Å²) in [5.74, 6) is 1.20. The molecule has 0 heterocycles. The van der Waals surface area contributed by atoms with Gasteiger partial charge in [0.15, 0.2) is 6.29 Å². The first-order chi connectivity index (χ1) is 7.19. The minimum Gasteiger partial charge on any atom is -0.496 e. The van der Waals surface area contributed by atoms with Crippen molar-refractivity contribution in [3.63, 3.8) is 0 Å². The zero-order valence-electron chi connectivity index (χ0n) is 8.67. The van der Waals surface area contributed by atoms with Crippen LogP contribution < -0.4 is 9.47 Å². The number of rotatable bonds is 4. The second-order valence-electron chi connectivity index (χ2n) is 2.67. The largest absolute Gasteiger partial charge is 0.496 e. The van der Waals surface area contributed by atoms with Gasteiger partial charge in [0.25, 0.3) is 0 Å². The highest BCUT2D eigenvalue weighted by molar-refractivity contribution is 9.10. The molecular weight excluding hydrogens is 280 g/mol. The van der Waals surface area contributed by atoms with Gasteiger partial charge in [0.05, 0.1) is 29.2 Å². The van der Waals surface area contributed by atoms with Crippen LogP contribution in [-0.2, 0) is 0 Å². The number of hydrogen-bond acceptors (Lipinski definition) is 4. The van der Waals surface area contributed by atoms with E-state index in [1.165, 1.54) is 18.9 Å². The van der Waals surface area contributed by atoms with Gasteiger partial charge in [-0.1, -0.05) is 0 Å². The van der Waals surface area contributed by atoms with Gasteiger partial charge in [0.1, 0.15) is 11.5 Å². The van der Waals surface area contributed by atoms with Crippen LogP contribution in [0.5, 0.6) is 11.5 Å². The molecule has 15 heavy (non-hydrogen) atoms. The van der Waals surface area contributed by atoms with Gasteiger partial charge >= 0.3 is 0 Å². The Balaban J connectivity index is 3.48. The third-order valence-corrected chi connectivity index (χ3v) is 3.76. The molecule has 0 bridgehead atoms. The molecule has 0 amide bonds. The number of benzene rings is 1. The summed E-state index contributed by atoms with van der Waals surface area (Å²) >= 11 is 4.93. The molecule has 5 heteroatoms. The molecule has 82 valence electrons. The smallest absolute Gasteiger partial charge is 0.153 e. The normalized spacial score (nSPS) is 9.87. The fourth-order valence-electron chi connectivity index (χ4n) is 1.25. The van der Waals surface area contributed by atoms with E-state index in [0.29, 0.717) is 17.1 Å². The molecule has 0 N–H and O–H groups in total. The third kappa shape index (κ3) is 2.29. The fraction of sp³-hybridized carbons (Fsp3) is 0.300. The first-order valence-corrected chi connectivity index (χ1v) is 6.15. The Morgan fingerprint density at radius 3 is 2.47 bits per heavy atom. The summed E-state index contributed by atoms with van der Waals surface area (Å²) < 4.78 is 11.1. The quantitative estimate of drug-likeness (QED) is 0.631. The SMILES string of the molecule is COc1cc(C=O)c(OC)c(Br)c1SC. The van der Waals surface area contributed by atoms with Crippen molar-refractivity contribution in [1.29, 1.82) is 0 Å². The minimum atomic E-state index is 0.471. The van der Waals surface area contributed by atoms with Gasteiger partial charge in [-0.3, -0.25) is 4.79 Å². The number of carbonyl (C=O) groups excluding carboxylic acids is 1. The highest BCUT2D eigenvalue weighted by Gasteiger charge is 2.16. The lowest BCUT2D eigenvalue weighted by Crippen LogP contribution is -1.96. The molecule has 0 aromatic heterocycles. The van der Waals surface area contributed by atoms with Crippen molar-refractivity contribution in [2.45, 2.75) is 4.90 Å². The Kier molecular flexibility index (Phi) is 4.47. The summed E-state index contributed by atoms with van der Waals surface area (Å²) in [5, 5.41) is 0. The second-order valence-corrected chi connectivity index (χ2v) is 4.28. The minimum absolute atomic E-state index is 0.471. The Morgan fingerprint density at radius 1 is 1.40 bits per heavy atom. The van der Waals surface area contributed by atoms with E-state index in [1.54, 1.807) is 13.2 Å². The number of halogens is 1. The number of thioether (sulfide) groups is 1. The van der Waals surface area contributed by atoms with E-state index < -0.39 is 0 Å². The summed E-state index contributed by atoms with van der Waals surface area (Å²) in [4.78, 5) is 11.8. The van der Waals surface area contributed by atoms with Gasteiger partial charge in [-0.2, -0.15) is 0 Å². The summed E-state index contributed by atoms with van der Waals surface area (Å²) in [6.45, 7) is 0. The average Bonchev–Trinajstić information content (AvgIpc) is 2.27. The predicted octanol–water partition coefficient (Wildman–Crippen LogP) is 3.00. The van der Waals surface area contributed by atoms with E-state index in [4.69, 9.17) is 9.47 Å². The van der Waals surface area contributed by atoms with Crippen molar-refractivity contribution in [1.82, 2.24) is 0 Å². The van der Waals surface area contributed by atoms with Crippen LogP contribution in [0.4, 0.5) is 0 Å². The molecule has 0 saturated carbocycles. The van der Waals surface area contributed by atoms with Crippen LogP contribution in [0.3, 0.4) is 0 Å². The first-order valence-electron chi connectivity index (χ1n) is 4.13. The molecule has 0 aliphatic rings. The molecule has 0 aliphatic heterocycles. The van der Waals surface area contributed by atoms with Gasteiger partial charge in [0, 0.05) is 0 Å². The van der Waals surface area contributed by atoms with Crippen LogP contribution >= 0.6 is 27.7 Å². The summed E-state index contributed by atoms with van der Waals surface area (Å²) in [7, 11) is 3.10. The van der Waals surface area contributed by atoms with Crippen LogP contribution in [0.2, 0.25) is 0 Å². The van der Waals surface area contributed by atoms with E-state index in [-0.39, 0.29) is 0 Å². The van der Waals surface area contributed by atoms with Crippen LogP contribution in [0.1, 0.15) is 10.4 Å². The monoisotopic (exact) mass is 290 g/mol. The Labute approximate surface area is 101 Å². The van der Waals surface area contributed by atoms with Gasteiger partial charge < -0.3 is 9.47 Å². The van der Waals surface area contributed by atoms with Crippen molar-refractivity contribution in [2.75, 3.05) is 20.5 Å². The summed E-state index contributed by atoms with van der Waals surface area (Å²) in [6.07, 6.45) is 2.68. The topological polar surface area (TPSA) is 35.5 Å². The van der Waals surface area contributed by atoms with E-state index in [2.05, 4.69) is 15.9 Å². The second kappa shape index (κ2) is 5.42. The Bertz CT molecular complexity index is 379. The van der Waals surface area contributed by atoms with Crippen LogP contribution in [0.25, 0.3) is 0 Å². The van der Waals surface area contributed by atoms with Gasteiger partial charge in [-0.25, -0.2) is 0 Å². The van der Waals surface area contributed by atoms with Gasteiger partial charge in [0.2, 0.25) is 0 Å².